The first-order valence-electron chi connectivity index (χ1n) is 10.3. The molecule has 1 atom stereocenters. The molecule has 6 heteroatoms. The second-order valence-electron chi connectivity index (χ2n) is 7.87. The largest absolute Gasteiger partial charge is 0.385 e. The number of ether oxygens (including phenoxy) is 1. The van der Waals surface area contributed by atoms with Gasteiger partial charge in [-0.3, -0.25) is 9.79 Å². The van der Waals surface area contributed by atoms with Crippen molar-refractivity contribution >= 4 is 17.6 Å². The molecule has 0 saturated heterocycles. The zero-order chi connectivity index (χ0) is 20.4. The minimum atomic E-state index is 0.0155. The van der Waals surface area contributed by atoms with Crippen LogP contribution >= 0.6 is 0 Å². The van der Waals surface area contributed by atoms with Gasteiger partial charge in [0.2, 0.25) is 5.91 Å². The number of aliphatic imine (C=N–C) groups is 1. The zero-order valence-corrected chi connectivity index (χ0v) is 17.8. The number of rotatable bonds is 10. The lowest BCUT2D eigenvalue weighted by Crippen LogP contribution is -2.46. The van der Waals surface area contributed by atoms with Gasteiger partial charge in [0.15, 0.2) is 5.96 Å². The second-order valence-corrected chi connectivity index (χ2v) is 7.87. The topological polar surface area (TPSA) is 74.8 Å². The van der Waals surface area contributed by atoms with E-state index in [-0.39, 0.29) is 11.8 Å². The van der Waals surface area contributed by atoms with Crippen molar-refractivity contribution in [2.24, 2.45) is 16.3 Å². The van der Waals surface area contributed by atoms with Crippen LogP contribution in [0.25, 0.3) is 0 Å². The maximum absolute atomic E-state index is 12.1. The van der Waals surface area contributed by atoms with E-state index in [0.717, 1.165) is 43.2 Å². The Morgan fingerprint density at radius 3 is 2.71 bits per heavy atom. The van der Waals surface area contributed by atoms with Gasteiger partial charge >= 0.3 is 0 Å². The first-order valence-corrected chi connectivity index (χ1v) is 10.3. The Morgan fingerprint density at radius 2 is 2.11 bits per heavy atom. The molecule has 1 aromatic carbocycles. The number of nitrogens with one attached hydrogen (secondary N) is 3. The molecule has 1 aliphatic carbocycles. The molecule has 0 aliphatic heterocycles. The Bertz CT molecular complexity index is 656. The normalized spacial score (nSPS) is 16.8. The number of carbonyl (C=O) groups excluding carboxylic acids is 1. The number of methoxy groups -OCH3 is 1. The molecule has 0 aromatic heterocycles. The van der Waals surface area contributed by atoms with E-state index in [1.54, 1.807) is 14.2 Å². The lowest BCUT2D eigenvalue weighted by molar-refractivity contribution is -0.119. The van der Waals surface area contributed by atoms with Gasteiger partial charge in [0.1, 0.15) is 0 Å². The maximum Gasteiger partial charge on any atom is 0.227 e. The Labute approximate surface area is 169 Å². The van der Waals surface area contributed by atoms with Gasteiger partial charge in [0, 0.05) is 45.5 Å². The van der Waals surface area contributed by atoms with Gasteiger partial charge in [0.25, 0.3) is 0 Å². The molecule has 0 bridgehead atoms. The summed E-state index contributed by atoms with van der Waals surface area (Å²) < 4.78 is 5.27. The number of hydrogen-bond donors (Lipinski definition) is 3. The molecule has 1 unspecified atom stereocenters. The minimum absolute atomic E-state index is 0.0155. The fourth-order valence-electron chi connectivity index (χ4n) is 3.40. The van der Waals surface area contributed by atoms with E-state index in [2.05, 4.69) is 20.9 Å². The van der Waals surface area contributed by atoms with E-state index < -0.39 is 0 Å². The molecule has 3 N–H and O–H groups in total. The summed E-state index contributed by atoms with van der Waals surface area (Å²) in [6, 6.07) is 7.94. The van der Waals surface area contributed by atoms with E-state index in [1.807, 2.05) is 38.1 Å². The molecule has 2 rings (SSSR count). The van der Waals surface area contributed by atoms with Crippen molar-refractivity contribution < 1.29 is 9.53 Å². The highest BCUT2D eigenvalue weighted by molar-refractivity contribution is 5.92. The van der Waals surface area contributed by atoms with Crippen LogP contribution in [0, 0.1) is 11.3 Å². The van der Waals surface area contributed by atoms with Crippen molar-refractivity contribution in [2.45, 2.75) is 52.5 Å². The minimum Gasteiger partial charge on any atom is -0.385 e. The quantitative estimate of drug-likeness (QED) is 0.423. The van der Waals surface area contributed by atoms with Crippen molar-refractivity contribution in [3.63, 3.8) is 0 Å². The molecule has 0 radical (unpaired) electrons. The van der Waals surface area contributed by atoms with Gasteiger partial charge in [-0.1, -0.05) is 32.4 Å². The van der Waals surface area contributed by atoms with Gasteiger partial charge < -0.3 is 20.7 Å². The van der Waals surface area contributed by atoms with Gasteiger partial charge in [-0.15, -0.1) is 0 Å². The van der Waals surface area contributed by atoms with Crippen molar-refractivity contribution in [3.05, 3.63) is 29.8 Å². The Morgan fingerprint density at radius 1 is 1.32 bits per heavy atom. The molecule has 1 amide bonds. The standard InChI is InChI=1S/C22H36N4O2/c1-5-17(2)20(27)26-19-9-6-8-18(14-19)15-24-21(23-3)25-16-22(10-7-11-22)12-13-28-4/h6,8-9,14,17H,5,7,10-13,15-16H2,1-4H3,(H,26,27)(H2,23,24,25). The highest BCUT2D eigenvalue weighted by Crippen LogP contribution is 2.43. The molecule has 6 nitrogen and oxygen atoms in total. The van der Waals surface area contributed by atoms with E-state index in [0.29, 0.717) is 12.0 Å². The van der Waals surface area contributed by atoms with Crippen molar-refractivity contribution in [2.75, 3.05) is 32.6 Å². The highest BCUT2D eigenvalue weighted by Gasteiger charge is 2.36. The first-order chi connectivity index (χ1) is 13.5. The molecule has 1 aromatic rings. The number of nitrogens with zero attached hydrogens (tertiary/aromatic N) is 1. The number of carbonyl (C=O) groups is 1. The third kappa shape index (κ3) is 6.51. The van der Waals surface area contributed by atoms with Gasteiger partial charge in [0.05, 0.1) is 0 Å². The number of amides is 1. The predicted octanol–water partition coefficient (Wildman–Crippen LogP) is 3.54. The number of anilines is 1. The zero-order valence-electron chi connectivity index (χ0n) is 17.8. The van der Waals surface area contributed by atoms with Crippen LogP contribution in [0.1, 0.15) is 51.5 Å². The SMILES string of the molecule is CCC(C)C(=O)Nc1cccc(CNC(=NC)NCC2(CCOC)CCC2)c1. The fourth-order valence-corrected chi connectivity index (χ4v) is 3.40. The summed E-state index contributed by atoms with van der Waals surface area (Å²) in [6.45, 7) is 6.34. The number of benzene rings is 1. The van der Waals surface area contributed by atoms with E-state index in [9.17, 15) is 4.79 Å². The third-order valence-electron chi connectivity index (χ3n) is 5.82. The molecule has 28 heavy (non-hydrogen) atoms. The smallest absolute Gasteiger partial charge is 0.227 e. The van der Waals surface area contributed by atoms with Crippen LogP contribution in [0.3, 0.4) is 0 Å². The summed E-state index contributed by atoms with van der Waals surface area (Å²) in [4.78, 5) is 16.4. The fraction of sp³-hybridized carbons (Fsp3) is 0.636. The molecular weight excluding hydrogens is 352 g/mol. The third-order valence-corrected chi connectivity index (χ3v) is 5.82. The number of guanidine groups is 1. The van der Waals surface area contributed by atoms with Gasteiger partial charge in [-0.2, -0.15) is 0 Å². The molecule has 1 aliphatic rings. The Balaban J connectivity index is 1.84. The molecule has 1 fully saturated rings. The first kappa shape index (κ1) is 22.2. The lowest BCUT2D eigenvalue weighted by Gasteiger charge is -2.42. The average Bonchev–Trinajstić information content (AvgIpc) is 2.68. The van der Waals surface area contributed by atoms with Crippen LogP contribution in [0.2, 0.25) is 0 Å². The van der Waals surface area contributed by atoms with Crippen LogP contribution in [-0.4, -0.2) is 39.2 Å². The Hall–Kier alpha value is -2.08. The molecule has 0 spiro atoms. The summed E-state index contributed by atoms with van der Waals surface area (Å²) >= 11 is 0. The number of hydrogen-bond acceptors (Lipinski definition) is 3. The van der Waals surface area contributed by atoms with Gasteiger partial charge in [-0.05, 0) is 48.8 Å². The monoisotopic (exact) mass is 388 g/mol. The van der Waals surface area contributed by atoms with E-state index in [4.69, 9.17) is 4.74 Å². The maximum atomic E-state index is 12.1. The van der Waals surface area contributed by atoms with Crippen molar-refractivity contribution in [3.8, 4) is 0 Å². The van der Waals surface area contributed by atoms with E-state index in [1.165, 1.54) is 19.3 Å². The second kappa shape index (κ2) is 11.1. The molecule has 1 saturated carbocycles. The molecular formula is C22H36N4O2. The van der Waals surface area contributed by atoms with Crippen LogP contribution < -0.4 is 16.0 Å². The summed E-state index contributed by atoms with van der Waals surface area (Å²) in [5, 5.41) is 9.84. The van der Waals surface area contributed by atoms with Crippen LogP contribution in [-0.2, 0) is 16.1 Å². The molecule has 156 valence electrons. The van der Waals surface area contributed by atoms with Crippen molar-refractivity contribution in [1.29, 1.82) is 0 Å². The molecule has 0 heterocycles. The van der Waals surface area contributed by atoms with Crippen LogP contribution in [0.15, 0.2) is 29.3 Å². The summed E-state index contributed by atoms with van der Waals surface area (Å²) in [6.07, 6.45) is 5.72. The average molecular weight is 389 g/mol. The highest BCUT2D eigenvalue weighted by atomic mass is 16.5. The van der Waals surface area contributed by atoms with Crippen LogP contribution in [0.5, 0.6) is 0 Å². The lowest BCUT2D eigenvalue weighted by atomic mass is 9.67. The predicted molar refractivity (Wildman–Crippen MR) is 116 cm³/mol. The van der Waals surface area contributed by atoms with E-state index >= 15 is 0 Å². The Kier molecular flexibility index (Phi) is 8.77. The summed E-state index contributed by atoms with van der Waals surface area (Å²) in [7, 11) is 3.56. The summed E-state index contributed by atoms with van der Waals surface area (Å²) in [5.74, 6) is 0.881. The van der Waals surface area contributed by atoms with Crippen LogP contribution in [0.4, 0.5) is 5.69 Å². The van der Waals surface area contributed by atoms with Gasteiger partial charge in [-0.25, -0.2) is 0 Å². The summed E-state index contributed by atoms with van der Waals surface area (Å²) in [5.41, 5.74) is 2.27. The van der Waals surface area contributed by atoms with Crippen molar-refractivity contribution in [1.82, 2.24) is 10.6 Å².